The predicted molar refractivity (Wildman–Crippen MR) is 72.9 cm³/mol. The second-order valence-corrected chi connectivity index (χ2v) is 5.06. The van der Waals surface area contributed by atoms with Crippen LogP contribution in [0.3, 0.4) is 0 Å². The molecular weight excluding hydrogens is 242 g/mol. The van der Waals surface area contributed by atoms with Gasteiger partial charge in [0, 0.05) is 12.7 Å². The summed E-state index contributed by atoms with van der Waals surface area (Å²) in [5, 5.41) is 12.8. The van der Waals surface area contributed by atoms with Gasteiger partial charge in [-0.05, 0) is 30.5 Å². The molecule has 0 aliphatic heterocycles. The molecule has 104 valence electrons. The van der Waals surface area contributed by atoms with Gasteiger partial charge in [-0.2, -0.15) is 0 Å². The second kappa shape index (κ2) is 6.68. The van der Waals surface area contributed by atoms with Crippen LogP contribution in [-0.2, 0) is 11.3 Å². The fourth-order valence-electron chi connectivity index (χ4n) is 2.45. The molecule has 4 nitrogen and oxygen atoms in total. The van der Waals surface area contributed by atoms with Gasteiger partial charge in [-0.1, -0.05) is 25.0 Å². The molecule has 0 unspecified atom stereocenters. The minimum atomic E-state index is -0.412. The van der Waals surface area contributed by atoms with E-state index in [0.717, 1.165) is 31.2 Å². The predicted octanol–water partition coefficient (Wildman–Crippen LogP) is 1.87. The summed E-state index contributed by atoms with van der Waals surface area (Å²) in [7, 11) is 1.64. The lowest BCUT2D eigenvalue weighted by Crippen LogP contribution is -2.45. The number of hydrogen-bond acceptors (Lipinski definition) is 3. The van der Waals surface area contributed by atoms with Crippen molar-refractivity contribution in [3.63, 3.8) is 0 Å². The van der Waals surface area contributed by atoms with Gasteiger partial charge in [0.25, 0.3) is 5.91 Å². The highest BCUT2D eigenvalue weighted by Crippen LogP contribution is 2.18. The molecule has 0 radical (unpaired) electrons. The second-order valence-electron chi connectivity index (χ2n) is 5.06. The molecule has 2 N–H and O–H groups in total. The van der Waals surface area contributed by atoms with Crippen LogP contribution in [0.2, 0.25) is 0 Å². The van der Waals surface area contributed by atoms with Crippen molar-refractivity contribution in [2.24, 2.45) is 0 Å². The summed E-state index contributed by atoms with van der Waals surface area (Å²) in [4.78, 5) is 12.1. The van der Waals surface area contributed by atoms with Crippen LogP contribution in [-0.4, -0.2) is 30.3 Å². The van der Waals surface area contributed by atoms with Crippen LogP contribution in [0.15, 0.2) is 24.3 Å². The van der Waals surface area contributed by atoms with E-state index < -0.39 is 6.10 Å². The lowest BCUT2D eigenvalue weighted by molar-refractivity contribution is 0.0717. The third-order valence-electron chi connectivity index (χ3n) is 3.57. The minimum absolute atomic E-state index is 0.111. The Morgan fingerprint density at radius 1 is 1.32 bits per heavy atom. The zero-order valence-electron chi connectivity index (χ0n) is 11.3. The Labute approximate surface area is 113 Å². The van der Waals surface area contributed by atoms with Crippen molar-refractivity contribution in [3.8, 4) is 0 Å². The van der Waals surface area contributed by atoms with Crippen LogP contribution >= 0.6 is 0 Å². The van der Waals surface area contributed by atoms with E-state index in [-0.39, 0.29) is 11.9 Å². The van der Waals surface area contributed by atoms with Crippen molar-refractivity contribution in [1.82, 2.24) is 5.32 Å². The van der Waals surface area contributed by atoms with Crippen molar-refractivity contribution in [2.75, 3.05) is 7.11 Å². The number of nitrogens with one attached hydrogen (secondary N) is 1. The van der Waals surface area contributed by atoms with Gasteiger partial charge in [0.05, 0.1) is 18.8 Å². The van der Waals surface area contributed by atoms with Gasteiger partial charge < -0.3 is 15.2 Å². The number of methoxy groups -OCH3 is 1. The van der Waals surface area contributed by atoms with Crippen LogP contribution in [0.1, 0.15) is 41.6 Å². The van der Waals surface area contributed by atoms with Crippen LogP contribution in [0.5, 0.6) is 0 Å². The van der Waals surface area contributed by atoms with E-state index in [0.29, 0.717) is 12.2 Å². The molecule has 2 rings (SSSR count). The van der Waals surface area contributed by atoms with E-state index in [1.165, 1.54) is 0 Å². The third kappa shape index (κ3) is 3.78. The van der Waals surface area contributed by atoms with Crippen LogP contribution in [0.4, 0.5) is 0 Å². The Morgan fingerprint density at radius 2 is 2.00 bits per heavy atom. The Morgan fingerprint density at radius 3 is 2.63 bits per heavy atom. The van der Waals surface area contributed by atoms with Crippen LogP contribution < -0.4 is 5.32 Å². The maximum absolute atomic E-state index is 12.1. The van der Waals surface area contributed by atoms with Crippen molar-refractivity contribution >= 4 is 5.91 Å². The highest BCUT2D eigenvalue weighted by molar-refractivity contribution is 5.94. The highest BCUT2D eigenvalue weighted by Gasteiger charge is 2.24. The van der Waals surface area contributed by atoms with E-state index >= 15 is 0 Å². The van der Waals surface area contributed by atoms with Crippen molar-refractivity contribution in [3.05, 3.63) is 35.4 Å². The Hall–Kier alpha value is -1.39. The fraction of sp³-hybridized carbons (Fsp3) is 0.533. The van der Waals surface area contributed by atoms with E-state index in [9.17, 15) is 9.90 Å². The first kappa shape index (κ1) is 14.0. The smallest absolute Gasteiger partial charge is 0.251 e. The first-order valence-electron chi connectivity index (χ1n) is 6.77. The summed E-state index contributed by atoms with van der Waals surface area (Å²) >= 11 is 0. The first-order chi connectivity index (χ1) is 9.20. The topological polar surface area (TPSA) is 58.6 Å². The molecule has 0 heterocycles. The Bertz CT molecular complexity index is 416. The molecule has 19 heavy (non-hydrogen) atoms. The van der Waals surface area contributed by atoms with Crippen molar-refractivity contribution in [2.45, 2.75) is 44.4 Å². The first-order valence-corrected chi connectivity index (χ1v) is 6.77. The van der Waals surface area contributed by atoms with Crippen molar-refractivity contribution in [1.29, 1.82) is 0 Å². The van der Waals surface area contributed by atoms with E-state index in [1.807, 2.05) is 12.1 Å². The molecule has 1 amide bonds. The SMILES string of the molecule is COCc1ccc(C(=O)N[C@H]2CCCC[C@H]2O)cc1. The fourth-order valence-corrected chi connectivity index (χ4v) is 2.45. The average Bonchev–Trinajstić information content (AvgIpc) is 2.42. The molecule has 1 aliphatic carbocycles. The molecule has 0 bridgehead atoms. The molecule has 0 saturated heterocycles. The molecule has 0 aromatic heterocycles. The molecular formula is C15H21NO3. The number of hydrogen-bond donors (Lipinski definition) is 2. The molecule has 1 aromatic rings. The van der Waals surface area contributed by atoms with Crippen LogP contribution in [0, 0.1) is 0 Å². The van der Waals surface area contributed by atoms with E-state index in [2.05, 4.69) is 5.32 Å². The molecule has 1 aromatic carbocycles. The van der Waals surface area contributed by atoms with Gasteiger partial charge in [-0.3, -0.25) is 4.79 Å². The summed E-state index contributed by atoms with van der Waals surface area (Å²) in [6, 6.07) is 7.24. The van der Waals surface area contributed by atoms with Gasteiger partial charge in [-0.25, -0.2) is 0 Å². The molecule has 4 heteroatoms. The maximum atomic E-state index is 12.1. The molecule has 1 fully saturated rings. The summed E-state index contributed by atoms with van der Waals surface area (Å²) in [5.74, 6) is -0.116. The quantitative estimate of drug-likeness (QED) is 0.872. The lowest BCUT2D eigenvalue weighted by Gasteiger charge is -2.28. The summed E-state index contributed by atoms with van der Waals surface area (Å²) in [6.45, 7) is 0.545. The van der Waals surface area contributed by atoms with Crippen molar-refractivity contribution < 1.29 is 14.6 Å². The molecule has 1 aliphatic rings. The number of ether oxygens (including phenoxy) is 1. The number of rotatable bonds is 4. The van der Waals surface area contributed by atoms with Crippen LogP contribution in [0.25, 0.3) is 0 Å². The monoisotopic (exact) mass is 263 g/mol. The largest absolute Gasteiger partial charge is 0.391 e. The number of benzene rings is 1. The van der Waals surface area contributed by atoms with Gasteiger partial charge in [0.1, 0.15) is 0 Å². The minimum Gasteiger partial charge on any atom is -0.391 e. The molecule has 1 saturated carbocycles. The average molecular weight is 263 g/mol. The summed E-state index contributed by atoms with van der Waals surface area (Å²) < 4.78 is 5.03. The van der Waals surface area contributed by atoms with Gasteiger partial charge in [-0.15, -0.1) is 0 Å². The normalized spacial score (nSPS) is 23.1. The maximum Gasteiger partial charge on any atom is 0.251 e. The number of aliphatic hydroxyl groups excluding tert-OH is 1. The van der Waals surface area contributed by atoms with Gasteiger partial charge in [0.2, 0.25) is 0 Å². The Kier molecular flexibility index (Phi) is 4.93. The lowest BCUT2D eigenvalue weighted by atomic mass is 9.92. The van der Waals surface area contributed by atoms with Gasteiger partial charge >= 0.3 is 0 Å². The number of amides is 1. The van der Waals surface area contributed by atoms with Gasteiger partial charge in [0.15, 0.2) is 0 Å². The zero-order chi connectivity index (χ0) is 13.7. The zero-order valence-corrected chi connectivity index (χ0v) is 11.3. The highest BCUT2D eigenvalue weighted by atomic mass is 16.5. The standard InChI is InChI=1S/C15H21NO3/c1-19-10-11-6-8-12(9-7-11)15(18)16-13-4-2-3-5-14(13)17/h6-9,13-14,17H,2-5,10H2,1H3,(H,16,18)/t13-,14+/m0/s1. The number of aliphatic hydroxyl groups is 1. The number of carbonyl (C=O) groups is 1. The number of carbonyl (C=O) groups excluding carboxylic acids is 1. The molecule has 2 atom stereocenters. The Balaban J connectivity index is 1.95. The van der Waals surface area contributed by atoms with E-state index in [4.69, 9.17) is 4.74 Å². The third-order valence-corrected chi connectivity index (χ3v) is 3.57. The summed E-state index contributed by atoms with van der Waals surface area (Å²) in [5.41, 5.74) is 1.66. The molecule has 0 spiro atoms. The van der Waals surface area contributed by atoms with E-state index in [1.54, 1.807) is 19.2 Å². The summed E-state index contributed by atoms with van der Waals surface area (Å²) in [6.07, 6.45) is 3.32.